The number of nitrogens with two attached hydrogens (primary N) is 1. The Bertz CT molecular complexity index is 561. The number of rotatable bonds is 7. The van der Waals surface area contributed by atoms with Gasteiger partial charge in [-0.15, -0.1) is 0 Å². The maximum atomic E-state index is 12.3. The fraction of sp³-hybridized carbons (Fsp3) is 0.467. The molecule has 1 saturated carbocycles. The molecule has 0 radical (unpaired) electrons. The maximum Gasteiger partial charge on any atom is 0.321 e. The van der Waals surface area contributed by atoms with Crippen LogP contribution in [0.25, 0.3) is 0 Å². The molecule has 3 N–H and O–H groups in total. The number of nitrogens with one attached hydrogen (secondary N) is 1. The van der Waals surface area contributed by atoms with E-state index in [0.717, 1.165) is 19.4 Å². The summed E-state index contributed by atoms with van der Waals surface area (Å²) in [5.74, 6) is -0.0123. The van der Waals surface area contributed by atoms with Crippen LogP contribution in [0.15, 0.2) is 18.2 Å². The Morgan fingerprint density at radius 3 is 2.73 bits per heavy atom. The first kappa shape index (κ1) is 16.6. The summed E-state index contributed by atoms with van der Waals surface area (Å²) in [5.41, 5.74) is 5.95. The van der Waals surface area contributed by atoms with Gasteiger partial charge in [-0.3, -0.25) is 4.79 Å². The highest BCUT2D eigenvalue weighted by Crippen LogP contribution is 2.30. The second-order valence-electron chi connectivity index (χ2n) is 5.37. The number of carbonyl (C=O) groups excluding carboxylic acids is 2. The van der Waals surface area contributed by atoms with Crippen molar-refractivity contribution in [2.75, 3.05) is 32.1 Å². The van der Waals surface area contributed by atoms with Crippen molar-refractivity contribution in [2.24, 2.45) is 11.7 Å². The van der Waals surface area contributed by atoms with Gasteiger partial charge in [0.25, 0.3) is 0 Å². The summed E-state index contributed by atoms with van der Waals surface area (Å²) in [7, 11) is 1.61. The Hall–Kier alpha value is -1.79. The number of halogens is 1. The van der Waals surface area contributed by atoms with Gasteiger partial charge in [-0.25, -0.2) is 4.79 Å². The molecule has 0 heterocycles. The van der Waals surface area contributed by atoms with E-state index in [1.807, 2.05) is 0 Å². The van der Waals surface area contributed by atoms with Crippen molar-refractivity contribution >= 4 is 29.2 Å². The molecule has 1 aromatic rings. The van der Waals surface area contributed by atoms with E-state index in [0.29, 0.717) is 24.8 Å². The van der Waals surface area contributed by atoms with Gasteiger partial charge in [0, 0.05) is 25.9 Å². The summed E-state index contributed by atoms with van der Waals surface area (Å²) in [6, 6.07) is 4.42. The highest BCUT2D eigenvalue weighted by molar-refractivity contribution is 6.34. The number of benzene rings is 1. The lowest BCUT2D eigenvalue weighted by atomic mass is 10.2. The van der Waals surface area contributed by atoms with Crippen LogP contribution >= 0.6 is 11.6 Å². The van der Waals surface area contributed by atoms with E-state index < -0.39 is 5.91 Å². The van der Waals surface area contributed by atoms with Crippen molar-refractivity contribution in [2.45, 2.75) is 12.8 Å². The first-order chi connectivity index (χ1) is 10.5. The highest BCUT2D eigenvalue weighted by atomic mass is 35.5. The molecule has 0 atom stereocenters. The zero-order valence-electron chi connectivity index (χ0n) is 12.5. The molecule has 1 aromatic carbocycles. The quantitative estimate of drug-likeness (QED) is 0.807. The fourth-order valence-corrected chi connectivity index (χ4v) is 2.36. The summed E-state index contributed by atoms with van der Waals surface area (Å²) in [6.45, 7) is 1.75. The minimum atomic E-state index is -0.599. The van der Waals surface area contributed by atoms with Crippen LogP contribution in [-0.4, -0.2) is 43.6 Å². The van der Waals surface area contributed by atoms with Crippen LogP contribution in [0.2, 0.25) is 5.02 Å². The third-order valence-corrected chi connectivity index (χ3v) is 3.83. The minimum Gasteiger partial charge on any atom is -0.383 e. The number of anilines is 1. The van der Waals surface area contributed by atoms with E-state index >= 15 is 0 Å². The molecule has 7 heteroatoms. The van der Waals surface area contributed by atoms with Crippen LogP contribution in [0.1, 0.15) is 23.2 Å². The lowest BCUT2D eigenvalue weighted by molar-refractivity contribution is 0.100. The van der Waals surface area contributed by atoms with E-state index in [4.69, 9.17) is 22.1 Å². The smallest absolute Gasteiger partial charge is 0.321 e. The largest absolute Gasteiger partial charge is 0.383 e. The maximum absolute atomic E-state index is 12.3. The van der Waals surface area contributed by atoms with Gasteiger partial charge in [0.05, 0.1) is 17.2 Å². The lowest BCUT2D eigenvalue weighted by Gasteiger charge is -2.22. The molecule has 1 fully saturated rings. The molecule has 0 aromatic heterocycles. The molecule has 6 nitrogen and oxygen atoms in total. The third kappa shape index (κ3) is 4.61. The highest BCUT2D eigenvalue weighted by Gasteiger charge is 2.26. The Morgan fingerprint density at radius 1 is 1.45 bits per heavy atom. The number of hydrogen-bond acceptors (Lipinski definition) is 3. The topological polar surface area (TPSA) is 84.7 Å². The average molecular weight is 326 g/mol. The number of ether oxygens (including phenoxy) is 1. The normalized spacial score (nSPS) is 13.7. The Labute approximate surface area is 134 Å². The standard InChI is InChI=1S/C15H20ClN3O3/c1-22-7-6-19(9-10-2-3-10)15(21)18-11-4-5-12(14(17)20)13(16)8-11/h4-5,8,10H,2-3,6-7,9H2,1H3,(H2,17,20)(H,18,21). The summed E-state index contributed by atoms with van der Waals surface area (Å²) >= 11 is 5.98. The van der Waals surface area contributed by atoms with E-state index in [2.05, 4.69) is 5.32 Å². The van der Waals surface area contributed by atoms with E-state index in [1.54, 1.807) is 18.1 Å². The van der Waals surface area contributed by atoms with Crippen LogP contribution < -0.4 is 11.1 Å². The molecule has 0 bridgehead atoms. The van der Waals surface area contributed by atoms with Crippen LogP contribution in [0.3, 0.4) is 0 Å². The Morgan fingerprint density at radius 2 is 2.18 bits per heavy atom. The summed E-state index contributed by atoms with van der Waals surface area (Å²) in [5, 5.41) is 3.00. The molecule has 3 amide bonds. The van der Waals surface area contributed by atoms with Crippen molar-refractivity contribution in [1.82, 2.24) is 4.90 Å². The third-order valence-electron chi connectivity index (χ3n) is 3.51. The summed E-state index contributed by atoms with van der Waals surface area (Å²) in [4.78, 5) is 25.2. The zero-order chi connectivity index (χ0) is 16.1. The number of methoxy groups -OCH3 is 1. The number of urea groups is 1. The molecular weight excluding hydrogens is 306 g/mol. The van der Waals surface area contributed by atoms with E-state index in [1.165, 1.54) is 12.1 Å². The molecule has 0 aliphatic heterocycles. The Balaban J connectivity index is 2.01. The number of carbonyl (C=O) groups is 2. The van der Waals surface area contributed by atoms with Gasteiger partial charge in [0.2, 0.25) is 5.91 Å². The summed E-state index contributed by atoms with van der Waals surface area (Å²) in [6.07, 6.45) is 2.33. The molecule has 0 unspecified atom stereocenters. The van der Waals surface area contributed by atoms with Crippen molar-refractivity contribution < 1.29 is 14.3 Å². The molecule has 22 heavy (non-hydrogen) atoms. The van der Waals surface area contributed by atoms with Crippen LogP contribution in [0, 0.1) is 5.92 Å². The fourth-order valence-electron chi connectivity index (χ4n) is 2.08. The SMILES string of the molecule is COCCN(CC1CC1)C(=O)Nc1ccc(C(N)=O)c(Cl)c1. The van der Waals surface area contributed by atoms with Crippen molar-refractivity contribution in [1.29, 1.82) is 0 Å². The monoisotopic (exact) mass is 325 g/mol. The minimum absolute atomic E-state index is 0.202. The molecule has 120 valence electrons. The van der Waals surface area contributed by atoms with Crippen molar-refractivity contribution in [3.63, 3.8) is 0 Å². The predicted molar refractivity (Wildman–Crippen MR) is 85.2 cm³/mol. The van der Waals surface area contributed by atoms with E-state index in [-0.39, 0.29) is 16.6 Å². The number of primary amides is 1. The van der Waals surface area contributed by atoms with Gasteiger partial charge < -0.3 is 20.7 Å². The Kier molecular flexibility index (Phi) is 5.63. The van der Waals surface area contributed by atoms with Gasteiger partial charge in [0.1, 0.15) is 0 Å². The first-order valence-electron chi connectivity index (χ1n) is 7.15. The number of amides is 3. The average Bonchev–Trinajstić information content (AvgIpc) is 3.27. The molecule has 1 aliphatic rings. The second-order valence-corrected chi connectivity index (χ2v) is 5.78. The number of nitrogens with zero attached hydrogens (tertiary/aromatic N) is 1. The molecular formula is C15H20ClN3O3. The second kappa shape index (κ2) is 7.47. The number of hydrogen-bond donors (Lipinski definition) is 2. The molecule has 0 spiro atoms. The van der Waals surface area contributed by atoms with Crippen LogP contribution in [0.5, 0.6) is 0 Å². The van der Waals surface area contributed by atoms with Gasteiger partial charge in [0.15, 0.2) is 0 Å². The lowest BCUT2D eigenvalue weighted by Crippen LogP contribution is -2.38. The molecule has 0 saturated heterocycles. The predicted octanol–water partition coefficient (Wildman–Crippen LogP) is 2.33. The first-order valence-corrected chi connectivity index (χ1v) is 7.53. The van der Waals surface area contributed by atoms with Gasteiger partial charge in [-0.1, -0.05) is 11.6 Å². The van der Waals surface area contributed by atoms with Crippen LogP contribution in [0.4, 0.5) is 10.5 Å². The van der Waals surface area contributed by atoms with Gasteiger partial charge >= 0.3 is 6.03 Å². The van der Waals surface area contributed by atoms with E-state index in [9.17, 15) is 9.59 Å². The van der Waals surface area contributed by atoms with Crippen LogP contribution in [-0.2, 0) is 4.74 Å². The summed E-state index contributed by atoms with van der Waals surface area (Å²) < 4.78 is 5.04. The molecule has 1 aliphatic carbocycles. The molecule has 2 rings (SSSR count). The van der Waals surface area contributed by atoms with Gasteiger partial charge in [-0.05, 0) is 37.0 Å². The van der Waals surface area contributed by atoms with Gasteiger partial charge in [-0.2, -0.15) is 0 Å². The zero-order valence-corrected chi connectivity index (χ0v) is 13.2. The van der Waals surface area contributed by atoms with Crippen molar-refractivity contribution in [3.8, 4) is 0 Å². The van der Waals surface area contributed by atoms with Crippen molar-refractivity contribution in [3.05, 3.63) is 28.8 Å².